The molecule has 0 saturated carbocycles. The summed E-state index contributed by atoms with van der Waals surface area (Å²) in [6.45, 7) is 1.31. The highest BCUT2D eigenvalue weighted by Crippen LogP contribution is 2.29. The molecule has 0 radical (unpaired) electrons. The summed E-state index contributed by atoms with van der Waals surface area (Å²) in [5.41, 5.74) is 2.80. The number of rotatable bonds is 2. The van der Waals surface area contributed by atoms with E-state index in [-0.39, 0.29) is 17.8 Å². The van der Waals surface area contributed by atoms with Crippen LogP contribution in [0.25, 0.3) is 11.3 Å². The number of benzene rings is 1. The zero-order chi connectivity index (χ0) is 16.7. The van der Waals surface area contributed by atoms with Gasteiger partial charge in [0.1, 0.15) is 11.9 Å². The minimum Gasteiger partial charge on any atom is -0.352 e. The van der Waals surface area contributed by atoms with E-state index >= 15 is 0 Å². The summed E-state index contributed by atoms with van der Waals surface area (Å²) in [6, 6.07) is 7.61. The van der Waals surface area contributed by atoms with E-state index in [4.69, 9.17) is 11.6 Å². The van der Waals surface area contributed by atoms with Gasteiger partial charge in [0.2, 0.25) is 5.91 Å². The Balaban J connectivity index is 1.69. The molecule has 5 nitrogen and oxygen atoms in total. The normalized spacial score (nSPS) is 19.8. The first-order valence-corrected chi connectivity index (χ1v) is 8.03. The molecule has 2 aliphatic heterocycles. The lowest BCUT2D eigenvalue weighted by Crippen LogP contribution is -2.51. The van der Waals surface area contributed by atoms with Crippen LogP contribution in [0.1, 0.15) is 12.0 Å². The highest BCUT2D eigenvalue weighted by molar-refractivity contribution is 6.33. The van der Waals surface area contributed by atoms with Crippen LogP contribution in [0, 0.1) is 5.82 Å². The number of aromatic nitrogens is 1. The van der Waals surface area contributed by atoms with Gasteiger partial charge in [0.15, 0.2) is 0 Å². The van der Waals surface area contributed by atoms with Crippen molar-refractivity contribution < 1.29 is 9.18 Å². The van der Waals surface area contributed by atoms with E-state index in [1.807, 2.05) is 17.1 Å². The zero-order valence-corrected chi connectivity index (χ0v) is 13.4. The second kappa shape index (κ2) is 5.87. The van der Waals surface area contributed by atoms with Crippen LogP contribution in [0.15, 0.2) is 41.6 Å². The van der Waals surface area contributed by atoms with Gasteiger partial charge in [0, 0.05) is 30.3 Å². The lowest BCUT2D eigenvalue weighted by atomic mass is 10.0. The predicted molar refractivity (Wildman–Crippen MR) is 89.3 cm³/mol. The summed E-state index contributed by atoms with van der Waals surface area (Å²) in [5, 5.41) is 9.67. The maximum absolute atomic E-state index is 13.5. The van der Waals surface area contributed by atoms with E-state index in [1.54, 1.807) is 6.20 Å². The summed E-state index contributed by atoms with van der Waals surface area (Å²) in [5.74, 6) is -0.365. The molecule has 1 fully saturated rings. The Bertz CT molecular complexity index is 854. The molecule has 1 aromatic heterocycles. The summed E-state index contributed by atoms with van der Waals surface area (Å²) in [7, 11) is 0. The lowest BCUT2D eigenvalue weighted by molar-refractivity contribution is -0.128. The zero-order valence-electron chi connectivity index (χ0n) is 12.7. The highest BCUT2D eigenvalue weighted by atomic mass is 35.5. The summed E-state index contributed by atoms with van der Waals surface area (Å²) in [6.07, 6.45) is 2.19. The Labute approximate surface area is 143 Å². The van der Waals surface area contributed by atoms with Crippen LogP contribution in [0.2, 0.25) is 5.02 Å². The van der Waals surface area contributed by atoms with E-state index in [0.29, 0.717) is 35.8 Å². The Morgan fingerprint density at radius 2 is 2.17 bits per heavy atom. The minimum atomic E-state index is -0.367. The molecule has 2 aliphatic rings. The first kappa shape index (κ1) is 15.1. The SMILES string of the molecule is O=C1NCCN2N=C(c3ccnc(-c4cc(F)ccc4Cl)c3)CC12. The number of hydrazone groups is 1. The topological polar surface area (TPSA) is 57.6 Å². The smallest absolute Gasteiger partial charge is 0.244 e. The van der Waals surface area contributed by atoms with Crippen LogP contribution < -0.4 is 5.32 Å². The molecule has 1 amide bonds. The van der Waals surface area contributed by atoms with E-state index in [1.165, 1.54) is 18.2 Å². The van der Waals surface area contributed by atoms with Gasteiger partial charge in [-0.2, -0.15) is 5.10 Å². The average Bonchev–Trinajstić information content (AvgIpc) is 3.03. The molecule has 122 valence electrons. The van der Waals surface area contributed by atoms with Crippen LogP contribution in [0.4, 0.5) is 4.39 Å². The highest BCUT2D eigenvalue weighted by Gasteiger charge is 2.35. The van der Waals surface area contributed by atoms with Gasteiger partial charge in [-0.1, -0.05) is 11.6 Å². The maximum atomic E-state index is 13.5. The van der Waals surface area contributed by atoms with Gasteiger partial charge >= 0.3 is 0 Å². The summed E-state index contributed by atoms with van der Waals surface area (Å²) < 4.78 is 13.5. The molecule has 1 atom stereocenters. The maximum Gasteiger partial charge on any atom is 0.244 e. The van der Waals surface area contributed by atoms with Gasteiger partial charge in [0.25, 0.3) is 0 Å². The molecule has 4 rings (SSSR count). The second-order valence-corrected chi connectivity index (χ2v) is 6.18. The number of fused-ring (bicyclic) bond motifs is 1. The number of hydrogen-bond acceptors (Lipinski definition) is 4. The number of carbonyl (C=O) groups is 1. The van der Waals surface area contributed by atoms with Gasteiger partial charge in [-0.05, 0) is 30.3 Å². The molecule has 2 aromatic rings. The molecule has 1 aromatic carbocycles. The fourth-order valence-electron chi connectivity index (χ4n) is 3.03. The van der Waals surface area contributed by atoms with E-state index in [9.17, 15) is 9.18 Å². The lowest BCUT2D eigenvalue weighted by Gasteiger charge is -2.27. The van der Waals surface area contributed by atoms with Gasteiger partial charge < -0.3 is 5.32 Å². The van der Waals surface area contributed by atoms with Gasteiger partial charge in [-0.15, -0.1) is 0 Å². The monoisotopic (exact) mass is 344 g/mol. The van der Waals surface area contributed by atoms with E-state index in [2.05, 4.69) is 15.4 Å². The molecule has 24 heavy (non-hydrogen) atoms. The molecule has 3 heterocycles. The number of pyridine rings is 1. The van der Waals surface area contributed by atoms with Crippen LogP contribution in [0.5, 0.6) is 0 Å². The number of halogens is 2. The molecule has 7 heteroatoms. The summed E-state index contributed by atoms with van der Waals surface area (Å²) >= 11 is 6.16. The molecule has 0 aliphatic carbocycles. The first-order valence-electron chi connectivity index (χ1n) is 7.65. The van der Waals surface area contributed by atoms with Crippen molar-refractivity contribution in [2.75, 3.05) is 13.1 Å². The first-order chi connectivity index (χ1) is 11.6. The van der Waals surface area contributed by atoms with Crippen LogP contribution in [-0.2, 0) is 4.79 Å². The Hall–Kier alpha value is -2.47. The number of nitrogens with zero attached hydrogens (tertiary/aromatic N) is 3. The van der Waals surface area contributed by atoms with E-state index in [0.717, 1.165) is 11.3 Å². The Morgan fingerprint density at radius 1 is 1.29 bits per heavy atom. The molecular formula is C17H14ClFN4O. The Morgan fingerprint density at radius 3 is 3.00 bits per heavy atom. The molecule has 1 N–H and O–H groups in total. The van der Waals surface area contributed by atoms with Crippen molar-refractivity contribution in [1.82, 2.24) is 15.3 Å². The number of hydrogen-bond donors (Lipinski definition) is 1. The molecular weight excluding hydrogens is 331 g/mol. The van der Waals surface area contributed by atoms with Crippen molar-refractivity contribution in [2.24, 2.45) is 5.10 Å². The van der Waals surface area contributed by atoms with Crippen molar-refractivity contribution in [3.8, 4) is 11.3 Å². The van der Waals surface area contributed by atoms with Crippen molar-refractivity contribution in [1.29, 1.82) is 0 Å². The quantitative estimate of drug-likeness (QED) is 0.910. The van der Waals surface area contributed by atoms with Gasteiger partial charge in [-0.25, -0.2) is 4.39 Å². The van der Waals surface area contributed by atoms with Gasteiger partial charge in [-0.3, -0.25) is 14.8 Å². The fourth-order valence-corrected chi connectivity index (χ4v) is 3.24. The average molecular weight is 345 g/mol. The third kappa shape index (κ3) is 2.63. The number of amides is 1. The largest absolute Gasteiger partial charge is 0.352 e. The van der Waals surface area contributed by atoms with Crippen molar-refractivity contribution in [3.05, 3.63) is 52.9 Å². The molecule has 0 bridgehead atoms. The van der Waals surface area contributed by atoms with Crippen molar-refractivity contribution in [2.45, 2.75) is 12.5 Å². The van der Waals surface area contributed by atoms with Gasteiger partial charge in [0.05, 0.1) is 23.0 Å². The summed E-state index contributed by atoms with van der Waals surface area (Å²) in [4.78, 5) is 16.2. The van der Waals surface area contributed by atoms with Crippen LogP contribution >= 0.6 is 11.6 Å². The van der Waals surface area contributed by atoms with Crippen LogP contribution in [-0.4, -0.2) is 40.7 Å². The predicted octanol–water partition coefficient (Wildman–Crippen LogP) is 2.45. The standard InChI is InChI=1S/C17H14ClFN4O/c18-13-2-1-11(19)8-12(13)15-7-10(3-4-20-15)14-9-16-17(24)21-5-6-23(16)22-14/h1-4,7-8,16H,5-6,9H2,(H,21,24). The van der Waals surface area contributed by atoms with Crippen molar-refractivity contribution in [3.63, 3.8) is 0 Å². The second-order valence-electron chi connectivity index (χ2n) is 5.77. The number of piperazine rings is 1. The third-order valence-electron chi connectivity index (χ3n) is 4.24. The fraction of sp³-hybridized carbons (Fsp3) is 0.235. The van der Waals surface area contributed by atoms with E-state index < -0.39 is 0 Å². The van der Waals surface area contributed by atoms with Crippen molar-refractivity contribution >= 4 is 23.2 Å². The minimum absolute atomic E-state index is 0.00227. The Kier molecular flexibility index (Phi) is 3.69. The molecule has 1 saturated heterocycles. The van der Waals surface area contributed by atoms with Crippen LogP contribution in [0.3, 0.4) is 0 Å². The number of carbonyl (C=O) groups excluding carboxylic acids is 1. The molecule has 1 unspecified atom stereocenters. The number of nitrogens with one attached hydrogen (secondary N) is 1. The third-order valence-corrected chi connectivity index (χ3v) is 4.57. The molecule has 0 spiro atoms.